The molecule has 2 aliphatic rings. The van der Waals surface area contributed by atoms with E-state index in [4.69, 9.17) is 0 Å². The predicted octanol–water partition coefficient (Wildman–Crippen LogP) is 1.85. The van der Waals surface area contributed by atoms with Crippen molar-refractivity contribution < 1.29 is 5.11 Å². The van der Waals surface area contributed by atoms with Crippen molar-refractivity contribution in [2.45, 2.75) is 6.04 Å². The number of nitrogens with zero attached hydrogens (tertiary/aromatic N) is 2. The third-order valence-corrected chi connectivity index (χ3v) is 3.81. The first kappa shape index (κ1) is 9.09. The maximum Gasteiger partial charge on any atom is 0.160 e. The van der Waals surface area contributed by atoms with Crippen LogP contribution in [0.15, 0.2) is 29.3 Å². The van der Waals surface area contributed by atoms with E-state index in [-0.39, 0.29) is 6.04 Å². The smallest absolute Gasteiger partial charge is 0.160 e. The van der Waals surface area contributed by atoms with Gasteiger partial charge in [0.05, 0.1) is 6.04 Å². The van der Waals surface area contributed by atoms with Crippen LogP contribution in [0.3, 0.4) is 0 Å². The molecule has 4 heteroatoms. The number of aliphatic imine (C=N–C) groups is 1. The molecule has 3 rings (SSSR count). The summed E-state index contributed by atoms with van der Waals surface area (Å²) in [7, 11) is 0. The van der Waals surface area contributed by atoms with Gasteiger partial charge in [-0.15, -0.1) is 0 Å². The SMILES string of the molecule is Oc1ccc([C@@H]2CN3CCSC3=N2)cc1. The molecule has 0 bridgehead atoms. The van der Waals surface area contributed by atoms with Gasteiger partial charge in [0.15, 0.2) is 5.17 Å². The van der Waals surface area contributed by atoms with E-state index in [2.05, 4.69) is 9.89 Å². The molecule has 1 aromatic rings. The number of rotatable bonds is 1. The van der Waals surface area contributed by atoms with Gasteiger partial charge in [-0.3, -0.25) is 4.99 Å². The third-order valence-electron chi connectivity index (χ3n) is 2.80. The second-order valence-electron chi connectivity index (χ2n) is 3.81. The van der Waals surface area contributed by atoms with E-state index in [1.54, 1.807) is 12.1 Å². The summed E-state index contributed by atoms with van der Waals surface area (Å²) in [6.07, 6.45) is 0. The predicted molar refractivity (Wildman–Crippen MR) is 62.3 cm³/mol. The van der Waals surface area contributed by atoms with Crippen molar-refractivity contribution in [3.05, 3.63) is 29.8 Å². The number of phenolic OH excluding ortho intramolecular Hbond substituents is 1. The minimum atomic E-state index is 0.258. The van der Waals surface area contributed by atoms with Crippen LogP contribution in [0.5, 0.6) is 5.75 Å². The van der Waals surface area contributed by atoms with E-state index in [9.17, 15) is 5.11 Å². The Morgan fingerprint density at radius 3 is 2.87 bits per heavy atom. The molecule has 78 valence electrons. The topological polar surface area (TPSA) is 35.8 Å². The van der Waals surface area contributed by atoms with Gasteiger partial charge in [-0.2, -0.15) is 0 Å². The van der Waals surface area contributed by atoms with Gasteiger partial charge in [0.25, 0.3) is 0 Å². The molecular weight excluding hydrogens is 208 g/mol. The lowest BCUT2D eigenvalue weighted by Gasteiger charge is -2.12. The highest BCUT2D eigenvalue weighted by atomic mass is 32.2. The summed E-state index contributed by atoms with van der Waals surface area (Å²) in [5.74, 6) is 1.49. The second kappa shape index (κ2) is 3.45. The highest BCUT2D eigenvalue weighted by Crippen LogP contribution is 2.32. The number of aromatic hydroxyl groups is 1. The number of benzene rings is 1. The van der Waals surface area contributed by atoms with E-state index in [1.165, 1.54) is 16.5 Å². The molecule has 0 aromatic heterocycles. The van der Waals surface area contributed by atoms with Crippen molar-refractivity contribution in [2.24, 2.45) is 4.99 Å². The first-order chi connectivity index (χ1) is 7.33. The molecule has 1 fully saturated rings. The van der Waals surface area contributed by atoms with Crippen molar-refractivity contribution in [3.8, 4) is 5.75 Å². The van der Waals surface area contributed by atoms with E-state index in [0.717, 1.165) is 13.1 Å². The maximum atomic E-state index is 9.21. The Morgan fingerprint density at radius 2 is 2.13 bits per heavy atom. The molecular formula is C11H12N2OS. The molecule has 0 unspecified atom stereocenters. The molecule has 1 aromatic carbocycles. The largest absolute Gasteiger partial charge is 0.508 e. The molecule has 2 aliphatic heterocycles. The van der Waals surface area contributed by atoms with Crippen LogP contribution in [0.2, 0.25) is 0 Å². The van der Waals surface area contributed by atoms with Crippen molar-refractivity contribution >= 4 is 16.9 Å². The minimum Gasteiger partial charge on any atom is -0.508 e. The highest BCUT2D eigenvalue weighted by Gasteiger charge is 2.29. The Labute approximate surface area is 92.8 Å². The fourth-order valence-electron chi connectivity index (χ4n) is 1.98. The summed E-state index contributed by atoms with van der Waals surface area (Å²) in [6.45, 7) is 2.12. The molecule has 0 spiro atoms. The molecule has 2 heterocycles. The van der Waals surface area contributed by atoms with Crippen molar-refractivity contribution in [1.82, 2.24) is 4.90 Å². The van der Waals surface area contributed by atoms with Gasteiger partial charge >= 0.3 is 0 Å². The van der Waals surface area contributed by atoms with Gasteiger partial charge in [-0.05, 0) is 17.7 Å². The Bertz CT molecular complexity index is 402. The lowest BCUT2D eigenvalue weighted by molar-refractivity contribution is 0.461. The van der Waals surface area contributed by atoms with Crippen LogP contribution >= 0.6 is 11.8 Å². The lowest BCUT2D eigenvalue weighted by atomic mass is 10.1. The van der Waals surface area contributed by atoms with Crippen molar-refractivity contribution in [3.63, 3.8) is 0 Å². The third kappa shape index (κ3) is 1.59. The normalized spacial score (nSPS) is 24.1. The van der Waals surface area contributed by atoms with Crippen LogP contribution in [0.1, 0.15) is 11.6 Å². The van der Waals surface area contributed by atoms with Gasteiger partial charge in [0, 0.05) is 18.8 Å². The Kier molecular flexibility index (Phi) is 2.09. The molecule has 1 saturated heterocycles. The van der Waals surface area contributed by atoms with E-state index < -0.39 is 0 Å². The van der Waals surface area contributed by atoms with Gasteiger partial charge < -0.3 is 10.0 Å². The number of thioether (sulfide) groups is 1. The van der Waals surface area contributed by atoms with Crippen LogP contribution in [0.25, 0.3) is 0 Å². The number of hydrogen-bond donors (Lipinski definition) is 1. The summed E-state index contributed by atoms with van der Waals surface area (Å²) in [4.78, 5) is 7.01. The fourth-order valence-corrected chi connectivity index (χ4v) is 3.03. The maximum absolute atomic E-state index is 9.21. The molecule has 15 heavy (non-hydrogen) atoms. The average molecular weight is 220 g/mol. The number of fused-ring (bicyclic) bond motifs is 1. The van der Waals surface area contributed by atoms with Gasteiger partial charge in [-0.1, -0.05) is 23.9 Å². The molecule has 0 amide bonds. The molecule has 0 aliphatic carbocycles. The number of hydrogen-bond acceptors (Lipinski definition) is 4. The quantitative estimate of drug-likeness (QED) is 0.784. The second-order valence-corrected chi connectivity index (χ2v) is 4.88. The summed E-state index contributed by atoms with van der Waals surface area (Å²) in [6, 6.07) is 7.62. The van der Waals surface area contributed by atoms with Crippen LogP contribution in [-0.4, -0.2) is 34.0 Å². The summed E-state index contributed by atoms with van der Waals surface area (Å²) >= 11 is 1.84. The molecule has 0 radical (unpaired) electrons. The standard InChI is InChI=1S/C11H12N2OS/c14-9-3-1-8(2-4-9)10-7-13-5-6-15-11(13)12-10/h1-4,10,14H,5-7H2/t10-/m0/s1. The fraction of sp³-hybridized carbons (Fsp3) is 0.364. The first-order valence-electron chi connectivity index (χ1n) is 5.07. The number of amidine groups is 1. The summed E-state index contributed by atoms with van der Waals surface area (Å²) < 4.78 is 0. The van der Waals surface area contributed by atoms with Crippen LogP contribution in [-0.2, 0) is 0 Å². The number of phenols is 1. The van der Waals surface area contributed by atoms with Gasteiger partial charge in [0.2, 0.25) is 0 Å². The lowest BCUT2D eigenvalue weighted by Crippen LogP contribution is -2.21. The molecule has 1 atom stereocenters. The zero-order valence-electron chi connectivity index (χ0n) is 8.26. The van der Waals surface area contributed by atoms with Crippen LogP contribution in [0.4, 0.5) is 0 Å². The monoisotopic (exact) mass is 220 g/mol. The van der Waals surface area contributed by atoms with Crippen molar-refractivity contribution in [2.75, 3.05) is 18.8 Å². The molecule has 3 nitrogen and oxygen atoms in total. The van der Waals surface area contributed by atoms with Crippen LogP contribution < -0.4 is 0 Å². The Hall–Kier alpha value is -1.16. The van der Waals surface area contributed by atoms with E-state index in [0.29, 0.717) is 5.75 Å². The zero-order valence-corrected chi connectivity index (χ0v) is 9.07. The van der Waals surface area contributed by atoms with Gasteiger partial charge in [0.1, 0.15) is 5.75 Å². The Morgan fingerprint density at radius 1 is 1.33 bits per heavy atom. The molecule has 1 N–H and O–H groups in total. The zero-order chi connectivity index (χ0) is 10.3. The van der Waals surface area contributed by atoms with E-state index >= 15 is 0 Å². The summed E-state index contributed by atoms with van der Waals surface area (Å²) in [5, 5.41) is 10.4. The minimum absolute atomic E-state index is 0.258. The van der Waals surface area contributed by atoms with Crippen LogP contribution in [0, 0.1) is 0 Å². The highest BCUT2D eigenvalue weighted by molar-refractivity contribution is 8.14. The van der Waals surface area contributed by atoms with Gasteiger partial charge in [-0.25, -0.2) is 0 Å². The molecule has 0 saturated carbocycles. The van der Waals surface area contributed by atoms with E-state index in [1.807, 2.05) is 23.9 Å². The Balaban J connectivity index is 1.85. The first-order valence-corrected chi connectivity index (χ1v) is 6.06. The summed E-state index contributed by atoms with van der Waals surface area (Å²) in [5.41, 5.74) is 1.19. The van der Waals surface area contributed by atoms with Crippen molar-refractivity contribution in [1.29, 1.82) is 0 Å². The average Bonchev–Trinajstić information content (AvgIpc) is 2.78.